The van der Waals surface area contributed by atoms with Crippen molar-refractivity contribution < 1.29 is 4.79 Å². The number of nitrogens with one attached hydrogen (secondary N) is 2. The van der Waals surface area contributed by atoms with Crippen molar-refractivity contribution in [3.63, 3.8) is 0 Å². The number of aryl methyl sites for hydroxylation is 1. The monoisotopic (exact) mass is 181 g/mol. The summed E-state index contributed by atoms with van der Waals surface area (Å²) in [6, 6.07) is 1.41. The van der Waals surface area contributed by atoms with E-state index >= 15 is 0 Å². The van der Waals surface area contributed by atoms with Crippen LogP contribution in [0.15, 0.2) is 17.1 Å². The van der Waals surface area contributed by atoms with Crippen molar-refractivity contribution in [2.24, 2.45) is 5.73 Å². The summed E-state index contributed by atoms with van der Waals surface area (Å²) in [7, 11) is 0. The van der Waals surface area contributed by atoms with Gasteiger partial charge in [0, 0.05) is 12.3 Å². The number of anilines is 1. The highest BCUT2D eigenvalue weighted by Crippen LogP contribution is 2.08. The van der Waals surface area contributed by atoms with Crippen LogP contribution in [-0.4, -0.2) is 17.4 Å². The molecule has 5 heteroatoms. The molecule has 0 spiro atoms. The lowest BCUT2D eigenvalue weighted by molar-refractivity contribution is -0.114. The van der Waals surface area contributed by atoms with Crippen LogP contribution in [0.3, 0.4) is 0 Å². The molecule has 0 aliphatic carbocycles. The lowest BCUT2D eigenvalue weighted by atomic mass is 10.2. The zero-order valence-corrected chi connectivity index (χ0v) is 7.26. The lowest BCUT2D eigenvalue weighted by Gasteiger charge is -2.05. The highest BCUT2D eigenvalue weighted by atomic mass is 16.2. The summed E-state index contributed by atoms with van der Waals surface area (Å²) in [4.78, 5) is 24.2. The fourth-order valence-electron chi connectivity index (χ4n) is 0.909. The van der Waals surface area contributed by atoms with E-state index in [9.17, 15) is 9.59 Å². The largest absolute Gasteiger partial charge is 0.327 e. The maximum absolute atomic E-state index is 10.9. The van der Waals surface area contributed by atoms with Gasteiger partial charge in [0.15, 0.2) is 0 Å². The van der Waals surface area contributed by atoms with E-state index in [0.29, 0.717) is 11.3 Å². The fraction of sp³-hybridized carbons (Fsp3) is 0.250. The van der Waals surface area contributed by atoms with Crippen molar-refractivity contribution in [2.75, 3.05) is 11.9 Å². The lowest BCUT2D eigenvalue weighted by Crippen LogP contribution is -2.23. The normalized spacial score (nSPS) is 9.69. The molecule has 1 aromatic heterocycles. The third-order valence-corrected chi connectivity index (χ3v) is 1.59. The summed E-state index contributed by atoms with van der Waals surface area (Å²) in [6.07, 6.45) is 1.45. The predicted octanol–water partition coefficient (Wildman–Crippen LogP) is -0.419. The van der Waals surface area contributed by atoms with Crippen molar-refractivity contribution in [1.29, 1.82) is 0 Å². The second kappa shape index (κ2) is 3.86. The molecule has 0 radical (unpaired) electrons. The molecule has 0 bridgehead atoms. The molecule has 1 rings (SSSR count). The van der Waals surface area contributed by atoms with Gasteiger partial charge in [-0.15, -0.1) is 0 Å². The first-order valence-corrected chi connectivity index (χ1v) is 3.82. The van der Waals surface area contributed by atoms with Gasteiger partial charge < -0.3 is 16.0 Å². The van der Waals surface area contributed by atoms with Gasteiger partial charge >= 0.3 is 0 Å². The van der Waals surface area contributed by atoms with Gasteiger partial charge in [0.25, 0.3) is 0 Å². The first kappa shape index (κ1) is 9.47. The Morgan fingerprint density at radius 2 is 2.38 bits per heavy atom. The van der Waals surface area contributed by atoms with Crippen LogP contribution in [0.4, 0.5) is 5.69 Å². The second-order valence-corrected chi connectivity index (χ2v) is 2.65. The Bertz CT molecular complexity index is 370. The number of hydrogen-bond donors (Lipinski definition) is 3. The average molecular weight is 181 g/mol. The number of pyridine rings is 1. The summed E-state index contributed by atoms with van der Waals surface area (Å²) in [6.45, 7) is 1.67. The highest BCUT2D eigenvalue weighted by Gasteiger charge is 2.01. The van der Waals surface area contributed by atoms with Crippen molar-refractivity contribution >= 4 is 11.6 Å². The summed E-state index contributed by atoms with van der Waals surface area (Å²) in [5.41, 5.74) is 6.22. The quantitative estimate of drug-likeness (QED) is 0.579. The summed E-state index contributed by atoms with van der Waals surface area (Å²) < 4.78 is 0. The van der Waals surface area contributed by atoms with Crippen LogP contribution in [-0.2, 0) is 4.79 Å². The van der Waals surface area contributed by atoms with Gasteiger partial charge in [-0.1, -0.05) is 0 Å². The number of H-pyrrole nitrogens is 1. The number of hydrogen-bond acceptors (Lipinski definition) is 3. The van der Waals surface area contributed by atoms with E-state index in [4.69, 9.17) is 5.73 Å². The third kappa shape index (κ3) is 2.41. The van der Waals surface area contributed by atoms with Crippen LogP contribution in [0.1, 0.15) is 5.56 Å². The van der Waals surface area contributed by atoms with Gasteiger partial charge in [-0.25, -0.2) is 0 Å². The first-order chi connectivity index (χ1) is 6.13. The Balaban J connectivity index is 2.90. The highest BCUT2D eigenvalue weighted by molar-refractivity contribution is 5.92. The number of carbonyl (C=O) groups is 1. The van der Waals surface area contributed by atoms with Crippen molar-refractivity contribution in [1.82, 2.24) is 4.98 Å². The van der Waals surface area contributed by atoms with Gasteiger partial charge in [-0.3, -0.25) is 9.59 Å². The summed E-state index contributed by atoms with van der Waals surface area (Å²) in [5, 5.41) is 2.55. The topological polar surface area (TPSA) is 88.0 Å². The number of carbonyl (C=O) groups excluding carboxylic acids is 1. The molecule has 0 saturated heterocycles. The van der Waals surface area contributed by atoms with Crippen molar-refractivity contribution in [3.05, 3.63) is 28.2 Å². The minimum absolute atomic E-state index is 0.0709. The van der Waals surface area contributed by atoms with Gasteiger partial charge in [0.05, 0.1) is 12.2 Å². The molecule has 0 saturated carbocycles. The van der Waals surface area contributed by atoms with E-state index in [2.05, 4.69) is 10.3 Å². The zero-order valence-electron chi connectivity index (χ0n) is 7.26. The Morgan fingerprint density at radius 3 is 2.92 bits per heavy atom. The van der Waals surface area contributed by atoms with Gasteiger partial charge in [-0.05, 0) is 12.5 Å². The van der Waals surface area contributed by atoms with Crippen LogP contribution in [0.25, 0.3) is 0 Å². The standard InChI is InChI=1S/C8H11N3O2/c1-5-2-7(12)10-4-6(5)11-8(13)3-9/h2,4H,3,9H2,1H3,(H,10,12)(H,11,13). The number of rotatable bonds is 2. The van der Waals surface area contributed by atoms with Crippen molar-refractivity contribution in [3.8, 4) is 0 Å². The molecular formula is C8H11N3O2. The SMILES string of the molecule is Cc1cc(=O)[nH]cc1NC(=O)CN. The number of aromatic nitrogens is 1. The molecule has 1 aromatic rings. The second-order valence-electron chi connectivity index (χ2n) is 2.65. The maximum Gasteiger partial charge on any atom is 0.248 e. The predicted molar refractivity (Wildman–Crippen MR) is 49.5 cm³/mol. The molecule has 1 heterocycles. The molecule has 0 aromatic carbocycles. The van der Waals surface area contributed by atoms with Gasteiger partial charge in [-0.2, -0.15) is 0 Å². The molecular weight excluding hydrogens is 170 g/mol. The number of aromatic amines is 1. The first-order valence-electron chi connectivity index (χ1n) is 3.82. The molecule has 70 valence electrons. The van der Waals surface area contributed by atoms with Crippen LogP contribution in [0.2, 0.25) is 0 Å². The Kier molecular flexibility index (Phi) is 2.81. The minimum Gasteiger partial charge on any atom is -0.327 e. The van der Waals surface area contributed by atoms with E-state index in [1.54, 1.807) is 6.92 Å². The number of nitrogens with two attached hydrogens (primary N) is 1. The minimum atomic E-state index is -0.282. The Morgan fingerprint density at radius 1 is 1.69 bits per heavy atom. The van der Waals surface area contributed by atoms with Crippen LogP contribution in [0, 0.1) is 6.92 Å². The number of amides is 1. The smallest absolute Gasteiger partial charge is 0.248 e. The van der Waals surface area contributed by atoms with Crippen LogP contribution >= 0.6 is 0 Å². The summed E-state index contributed by atoms with van der Waals surface area (Å²) >= 11 is 0. The summed E-state index contributed by atoms with van der Waals surface area (Å²) in [5.74, 6) is -0.282. The Hall–Kier alpha value is -1.62. The molecule has 13 heavy (non-hydrogen) atoms. The van der Waals surface area contributed by atoms with E-state index in [1.165, 1.54) is 12.3 Å². The van der Waals surface area contributed by atoms with Crippen molar-refractivity contribution in [2.45, 2.75) is 6.92 Å². The molecule has 1 amide bonds. The molecule has 4 N–H and O–H groups in total. The maximum atomic E-state index is 10.9. The third-order valence-electron chi connectivity index (χ3n) is 1.59. The van der Waals surface area contributed by atoms with Crippen LogP contribution in [0.5, 0.6) is 0 Å². The van der Waals surface area contributed by atoms with E-state index < -0.39 is 0 Å². The van der Waals surface area contributed by atoms with E-state index in [0.717, 1.165) is 0 Å². The molecule has 0 aliphatic rings. The molecule has 0 unspecified atom stereocenters. The molecule has 5 nitrogen and oxygen atoms in total. The fourth-order valence-corrected chi connectivity index (χ4v) is 0.909. The molecule has 0 atom stereocenters. The van der Waals surface area contributed by atoms with Crippen LogP contribution < -0.4 is 16.6 Å². The molecule has 0 aliphatic heterocycles. The Labute approximate surface area is 75.0 Å². The molecule has 0 fully saturated rings. The zero-order chi connectivity index (χ0) is 9.84. The van der Waals surface area contributed by atoms with Gasteiger partial charge in [0.1, 0.15) is 0 Å². The average Bonchev–Trinajstić information content (AvgIpc) is 2.09. The van der Waals surface area contributed by atoms with E-state index in [1.807, 2.05) is 0 Å². The van der Waals surface area contributed by atoms with E-state index in [-0.39, 0.29) is 18.0 Å². The van der Waals surface area contributed by atoms with Gasteiger partial charge in [0.2, 0.25) is 11.5 Å².